The molecular weight excluding hydrogens is 193 g/mol. The Morgan fingerprint density at radius 1 is 1.14 bits per heavy atom. The number of hydrogen-bond donors (Lipinski definition) is 1. The van der Waals surface area contributed by atoms with E-state index in [-0.39, 0.29) is 5.92 Å². The van der Waals surface area contributed by atoms with Gasteiger partial charge in [-0.3, -0.25) is 0 Å². The van der Waals surface area contributed by atoms with Crippen LogP contribution in [0, 0.1) is 17.8 Å². The van der Waals surface area contributed by atoms with Crippen LogP contribution in [-0.4, -0.2) is 16.9 Å². The molecule has 0 aromatic rings. The van der Waals surface area contributed by atoms with Crippen molar-refractivity contribution in [2.24, 2.45) is 17.8 Å². The van der Waals surface area contributed by atoms with E-state index in [2.05, 4.69) is 0 Å². The summed E-state index contributed by atoms with van der Waals surface area (Å²) in [6, 6.07) is 0. The SMILES string of the molecule is CC(O)(C1CC2CCC1C2)C(F)(F)F. The Hall–Kier alpha value is -0.250. The summed E-state index contributed by atoms with van der Waals surface area (Å²) in [5, 5.41) is 9.55. The number of hydrogen-bond acceptors (Lipinski definition) is 1. The molecule has 0 aromatic heterocycles. The quantitative estimate of drug-likeness (QED) is 0.702. The number of aliphatic hydroxyl groups is 1. The fraction of sp³-hybridized carbons (Fsp3) is 1.00. The third-order valence-electron chi connectivity index (χ3n) is 4.03. The van der Waals surface area contributed by atoms with E-state index in [4.69, 9.17) is 0 Å². The predicted molar refractivity (Wildman–Crippen MR) is 45.6 cm³/mol. The summed E-state index contributed by atoms with van der Waals surface area (Å²) in [7, 11) is 0. The van der Waals surface area contributed by atoms with Crippen molar-refractivity contribution in [3.63, 3.8) is 0 Å². The first-order chi connectivity index (χ1) is 6.32. The lowest BCUT2D eigenvalue weighted by atomic mass is 9.77. The number of rotatable bonds is 1. The molecule has 0 spiro atoms. The molecule has 2 bridgehead atoms. The molecule has 0 saturated heterocycles. The smallest absolute Gasteiger partial charge is 0.380 e. The van der Waals surface area contributed by atoms with Gasteiger partial charge in [-0.05, 0) is 43.9 Å². The minimum Gasteiger partial charge on any atom is -0.380 e. The van der Waals surface area contributed by atoms with E-state index >= 15 is 0 Å². The van der Waals surface area contributed by atoms with Crippen LogP contribution in [0.4, 0.5) is 13.2 Å². The highest BCUT2D eigenvalue weighted by molar-refractivity contribution is 5.01. The highest BCUT2D eigenvalue weighted by Crippen LogP contribution is 2.55. The fourth-order valence-electron chi connectivity index (χ4n) is 3.14. The van der Waals surface area contributed by atoms with Crippen molar-refractivity contribution in [2.75, 3.05) is 0 Å². The zero-order valence-electron chi connectivity index (χ0n) is 8.14. The van der Waals surface area contributed by atoms with E-state index < -0.39 is 17.7 Å². The summed E-state index contributed by atoms with van der Waals surface area (Å²) in [6.07, 6.45) is -1.13. The molecule has 0 aromatic carbocycles. The molecule has 0 aliphatic heterocycles. The van der Waals surface area contributed by atoms with E-state index in [1.807, 2.05) is 0 Å². The van der Waals surface area contributed by atoms with E-state index in [9.17, 15) is 18.3 Å². The minimum absolute atomic E-state index is 0.0941. The van der Waals surface area contributed by atoms with E-state index in [1.165, 1.54) is 0 Å². The maximum atomic E-state index is 12.6. The van der Waals surface area contributed by atoms with Gasteiger partial charge < -0.3 is 5.11 Å². The Bertz CT molecular complexity index is 234. The molecule has 2 rings (SSSR count). The second-order valence-electron chi connectivity index (χ2n) is 4.93. The number of fused-ring (bicyclic) bond motifs is 2. The first-order valence-corrected chi connectivity index (χ1v) is 5.11. The monoisotopic (exact) mass is 208 g/mol. The van der Waals surface area contributed by atoms with Crippen LogP contribution < -0.4 is 0 Å². The molecule has 0 radical (unpaired) electrons. The molecule has 4 unspecified atom stereocenters. The second kappa shape index (κ2) is 2.87. The summed E-state index contributed by atoms with van der Waals surface area (Å²) >= 11 is 0. The zero-order chi connectivity index (χ0) is 10.6. The van der Waals surface area contributed by atoms with Gasteiger partial charge in [0.15, 0.2) is 5.60 Å². The lowest BCUT2D eigenvalue weighted by Crippen LogP contribution is -2.50. The topological polar surface area (TPSA) is 20.2 Å². The van der Waals surface area contributed by atoms with Crippen LogP contribution in [0.25, 0.3) is 0 Å². The lowest BCUT2D eigenvalue weighted by Gasteiger charge is -2.37. The molecule has 1 nitrogen and oxygen atoms in total. The van der Waals surface area contributed by atoms with Crippen LogP contribution in [0.5, 0.6) is 0 Å². The van der Waals surface area contributed by atoms with Gasteiger partial charge in [0, 0.05) is 0 Å². The van der Waals surface area contributed by atoms with Crippen LogP contribution in [0.15, 0.2) is 0 Å². The molecule has 2 fully saturated rings. The second-order valence-corrected chi connectivity index (χ2v) is 4.93. The van der Waals surface area contributed by atoms with Crippen molar-refractivity contribution in [2.45, 2.75) is 44.4 Å². The summed E-state index contributed by atoms with van der Waals surface area (Å²) in [5.74, 6) is -0.0447. The molecule has 4 atom stereocenters. The largest absolute Gasteiger partial charge is 0.417 e. The average molecular weight is 208 g/mol. The van der Waals surface area contributed by atoms with Crippen molar-refractivity contribution in [1.82, 2.24) is 0 Å². The van der Waals surface area contributed by atoms with Crippen molar-refractivity contribution < 1.29 is 18.3 Å². The Kier molecular flexibility index (Phi) is 2.11. The number of halogens is 3. The van der Waals surface area contributed by atoms with Gasteiger partial charge in [-0.2, -0.15) is 13.2 Å². The van der Waals surface area contributed by atoms with Gasteiger partial charge >= 0.3 is 6.18 Å². The van der Waals surface area contributed by atoms with E-state index in [0.29, 0.717) is 12.3 Å². The summed E-state index contributed by atoms with van der Waals surface area (Å²) in [5.41, 5.74) is -2.48. The van der Waals surface area contributed by atoms with Gasteiger partial charge in [0.1, 0.15) is 0 Å². The number of alkyl halides is 3. The predicted octanol–water partition coefficient (Wildman–Crippen LogP) is 2.74. The van der Waals surface area contributed by atoms with Crippen LogP contribution in [0.1, 0.15) is 32.6 Å². The van der Waals surface area contributed by atoms with Gasteiger partial charge in [0.2, 0.25) is 0 Å². The highest BCUT2D eigenvalue weighted by atomic mass is 19.4. The van der Waals surface area contributed by atoms with Crippen LogP contribution in [0.3, 0.4) is 0 Å². The van der Waals surface area contributed by atoms with Gasteiger partial charge in [0.05, 0.1) is 0 Å². The summed E-state index contributed by atoms with van der Waals surface area (Å²) in [4.78, 5) is 0. The Morgan fingerprint density at radius 2 is 1.79 bits per heavy atom. The molecule has 0 heterocycles. The molecule has 1 N–H and O–H groups in total. The van der Waals surface area contributed by atoms with Crippen molar-refractivity contribution in [3.8, 4) is 0 Å². The Labute approximate surface area is 81.3 Å². The molecule has 2 aliphatic carbocycles. The van der Waals surface area contributed by atoms with Gasteiger partial charge in [-0.1, -0.05) is 6.42 Å². The van der Waals surface area contributed by atoms with Crippen LogP contribution in [-0.2, 0) is 0 Å². The third kappa shape index (κ3) is 1.35. The van der Waals surface area contributed by atoms with Gasteiger partial charge in [0.25, 0.3) is 0 Å². The molecule has 4 heteroatoms. The van der Waals surface area contributed by atoms with E-state index in [0.717, 1.165) is 26.2 Å². The molecule has 2 aliphatic rings. The van der Waals surface area contributed by atoms with Crippen LogP contribution in [0.2, 0.25) is 0 Å². The van der Waals surface area contributed by atoms with Crippen molar-refractivity contribution in [3.05, 3.63) is 0 Å². The molecule has 2 saturated carbocycles. The Morgan fingerprint density at radius 3 is 2.14 bits per heavy atom. The highest BCUT2D eigenvalue weighted by Gasteiger charge is 2.59. The normalized spacial score (nSPS) is 41.4. The summed E-state index contributed by atoms with van der Waals surface area (Å²) < 4.78 is 37.7. The third-order valence-corrected chi connectivity index (χ3v) is 4.03. The van der Waals surface area contributed by atoms with E-state index in [1.54, 1.807) is 0 Å². The fourth-order valence-corrected chi connectivity index (χ4v) is 3.14. The van der Waals surface area contributed by atoms with Gasteiger partial charge in [-0.15, -0.1) is 0 Å². The first kappa shape index (κ1) is 10.3. The average Bonchev–Trinajstić information content (AvgIpc) is 2.61. The van der Waals surface area contributed by atoms with Crippen molar-refractivity contribution >= 4 is 0 Å². The summed E-state index contributed by atoms with van der Waals surface area (Å²) in [6.45, 7) is 0.929. The van der Waals surface area contributed by atoms with Gasteiger partial charge in [-0.25, -0.2) is 0 Å². The minimum atomic E-state index is -4.48. The maximum absolute atomic E-state index is 12.6. The maximum Gasteiger partial charge on any atom is 0.417 e. The first-order valence-electron chi connectivity index (χ1n) is 5.11. The van der Waals surface area contributed by atoms with Crippen molar-refractivity contribution in [1.29, 1.82) is 0 Å². The molecular formula is C10H15F3O. The van der Waals surface area contributed by atoms with Crippen LogP contribution >= 0.6 is 0 Å². The molecule has 14 heavy (non-hydrogen) atoms. The molecule has 0 amide bonds. The Balaban J connectivity index is 2.16. The standard InChI is InChI=1S/C10H15F3O/c1-9(14,10(11,12)13)8-5-6-2-3-7(8)4-6/h6-8,14H,2-5H2,1H3. The molecule has 82 valence electrons. The lowest BCUT2D eigenvalue weighted by molar-refractivity contribution is -0.277. The zero-order valence-corrected chi connectivity index (χ0v) is 8.14.